The molecule has 0 bridgehead atoms. The van der Waals surface area contributed by atoms with Crippen LogP contribution in [-0.4, -0.2) is 19.0 Å². The Morgan fingerprint density at radius 3 is 2.78 bits per heavy atom. The van der Waals surface area contributed by atoms with Gasteiger partial charge in [-0.25, -0.2) is 0 Å². The van der Waals surface area contributed by atoms with Crippen LogP contribution in [0, 0.1) is 0 Å². The number of halogens is 2. The van der Waals surface area contributed by atoms with Gasteiger partial charge in [-0.15, -0.1) is 0 Å². The highest BCUT2D eigenvalue weighted by Crippen LogP contribution is 2.24. The molecule has 0 atom stereocenters. The smallest absolute Gasteiger partial charge is 0.387 e. The van der Waals surface area contributed by atoms with Gasteiger partial charge in [-0.3, -0.25) is 4.79 Å². The summed E-state index contributed by atoms with van der Waals surface area (Å²) < 4.78 is 34.0. The van der Waals surface area contributed by atoms with E-state index in [-0.39, 0.29) is 17.1 Å². The molecule has 2 rings (SSSR count). The first-order valence-electron chi connectivity index (χ1n) is 5.60. The van der Waals surface area contributed by atoms with Crippen molar-refractivity contribution in [1.82, 2.24) is 0 Å². The lowest BCUT2D eigenvalue weighted by Crippen LogP contribution is -2.13. The van der Waals surface area contributed by atoms with Gasteiger partial charge in [0.2, 0.25) is 5.78 Å². The number of ether oxygens (including phenoxy) is 2. The molecule has 0 aliphatic carbocycles. The summed E-state index contributed by atoms with van der Waals surface area (Å²) in [5, 5.41) is 0. The third-order valence-electron chi connectivity index (χ3n) is 2.51. The first-order valence-corrected chi connectivity index (χ1v) is 5.60. The lowest BCUT2D eigenvalue weighted by atomic mass is 10.1. The summed E-state index contributed by atoms with van der Waals surface area (Å²) in [6.07, 6.45) is 3.27. The Bertz CT molecular complexity index is 469. The Kier molecular flexibility index (Phi) is 3.92. The molecule has 0 N–H and O–H groups in total. The molecule has 1 aliphatic heterocycles. The van der Waals surface area contributed by atoms with E-state index < -0.39 is 12.4 Å². The van der Waals surface area contributed by atoms with E-state index in [1.54, 1.807) is 12.1 Å². The molecule has 0 spiro atoms. The number of ketones is 1. The summed E-state index contributed by atoms with van der Waals surface area (Å²) >= 11 is 0. The van der Waals surface area contributed by atoms with E-state index >= 15 is 0 Å². The molecule has 1 aromatic carbocycles. The maximum Gasteiger partial charge on any atom is 0.387 e. The number of Topliss-reactive ketones (excluding diaryl/α,β-unsaturated/α-hetero) is 1. The number of benzene rings is 1. The molecule has 5 heteroatoms. The SMILES string of the molecule is O=C(C1=CCCCO1)c1ccccc1OC(F)F. The maximum absolute atomic E-state index is 12.2. The van der Waals surface area contributed by atoms with E-state index in [0.717, 1.165) is 12.8 Å². The number of carbonyl (C=O) groups is 1. The van der Waals surface area contributed by atoms with Gasteiger partial charge in [-0.05, 0) is 31.1 Å². The van der Waals surface area contributed by atoms with Gasteiger partial charge in [0.05, 0.1) is 12.2 Å². The largest absolute Gasteiger partial charge is 0.490 e. The Morgan fingerprint density at radius 1 is 1.33 bits per heavy atom. The van der Waals surface area contributed by atoms with Crippen LogP contribution < -0.4 is 4.74 Å². The van der Waals surface area contributed by atoms with Crippen LogP contribution in [0.15, 0.2) is 36.1 Å². The standard InChI is InChI=1S/C13H12F2O3/c14-13(15)18-10-6-2-1-5-9(10)12(16)11-7-3-4-8-17-11/h1-2,5-7,13H,3-4,8H2. The summed E-state index contributed by atoms with van der Waals surface area (Å²) in [5.41, 5.74) is 0.0888. The molecule has 1 aliphatic rings. The molecule has 0 radical (unpaired) electrons. The molecule has 96 valence electrons. The van der Waals surface area contributed by atoms with E-state index in [1.165, 1.54) is 18.2 Å². The van der Waals surface area contributed by atoms with Crippen LogP contribution in [-0.2, 0) is 4.74 Å². The molecule has 1 aromatic rings. The fourth-order valence-corrected chi connectivity index (χ4v) is 1.70. The van der Waals surface area contributed by atoms with Gasteiger partial charge in [0, 0.05) is 0 Å². The highest BCUT2D eigenvalue weighted by molar-refractivity contribution is 6.09. The van der Waals surface area contributed by atoms with Crippen LogP contribution in [0.1, 0.15) is 23.2 Å². The van der Waals surface area contributed by atoms with Crippen LogP contribution in [0.3, 0.4) is 0 Å². The summed E-state index contributed by atoms with van der Waals surface area (Å²) in [5.74, 6) is -0.356. The van der Waals surface area contributed by atoms with Crippen LogP contribution in [0.2, 0.25) is 0 Å². The first-order chi connectivity index (χ1) is 8.68. The van der Waals surface area contributed by atoms with E-state index in [1.807, 2.05) is 0 Å². The van der Waals surface area contributed by atoms with Gasteiger partial charge >= 0.3 is 6.61 Å². The van der Waals surface area contributed by atoms with Gasteiger partial charge in [0.1, 0.15) is 5.75 Å². The molecule has 0 aromatic heterocycles. The Balaban J connectivity index is 2.26. The predicted octanol–water partition coefficient (Wildman–Crippen LogP) is 3.17. The van der Waals surface area contributed by atoms with Crippen molar-refractivity contribution in [2.75, 3.05) is 6.61 Å². The molecule has 1 heterocycles. The molecular formula is C13H12F2O3. The Labute approximate surface area is 103 Å². The van der Waals surface area contributed by atoms with Crippen molar-refractivity contribution in [3.8, 4) is 5.75 Å². The average molecular weight is 254 g/mol. The minimum Gasteiger partial charge on any atom is -0.490 e. The van der Waals surface area contributed by atoms with Gasteiger partial charge < -0.3 is 9.47 Å². The molecule has 3 nitrogen and oxygen atoms in total. The normalized spacial score (nSPS) is 14.9. The summed E-state index contributed by atoms with van der Waals surface area (Å²) in [4.78, 5) is 12.1. The van der Waals surface area contributed by atoms with E-state index in [9.17, 15) is 13.6 Å². The second-order valence-corrected chi connectivity index (χ2v) is 3.76. The van der Waals surface area contributed by atoms with Crippen LogP contribution >= 0.6 is 0 Å². The zero-order chi connectivity index (χ0) is 13.0. The number of rotatable bonds is 4. The molecule has 18 heavy (non-hydrogen) atoms. The van der Waals surface area contributed by atoms with Crippen LogP contribution in [0.25, 0.3) is 0 Å². The monoisotopic (exact) mass is 254 g/mol. The minimum absolute atomic E-state index is 0.0888. The molecule has 0 fully saturated rings. The summed E-state index contributed by atoms with van der Waals surface area (Å²) in [6.45, 7) is -2.49. The number of para-hydroxylation sites is 1. The lowest BCUT2D eigenvalue weighted by Gasteiger charge is -2.15. The second kappa shape index (κ2) is 5.62. The molecule has 0 amide bonds. The topological polar surface area (TPSA) is 35.5 Å². The molecule has 0 unspecified atom stereocenters. The summed E-state index contributed by atoms with van der Waals surface area (Å²) in [6, 6.07) is 5.90. The predicted molar refractivity (Wildman–Crippen MR) is 60.7 cm³/mol. The molecule has 0 saturated heterocycles. The fourth-order valence-electron chi connectivity index (χ4n) is 1.70. The van der Waals surface area contributed by atoms with Crippen LogP contribution in [0.5, 0.6) is 5.75 Å². The zero-order valence-corrected chi connectivity index (χ0v) is 9.57. The molecular weight excluding hydrogens is 242 g/mol. The molecule has 0 saturated carbocycles. The van der Waals surface area contributed by atoms with E-state index in [4.69, 9.17) is 4.74 Å². The maximum atomic E-state index is 12.2. The number of hydrogen-bond acceptors (Lipinski definition) is 3. The average Bonchev–Trinajstić information content (AvgIpc) is 2.39. The fraction of sp³-hybridized carbons (Fsp3) is 0.308. The zero-order valence-electron chi connectivity index (χ0n) is 9.57. The lowest BCUT2D eigenvalue weighted by molar-refractivity contribution is -0.0501. The third-order valence-corrected chi connectivity index (χ3v) is 2.51. The van der Waals surface area contributed by atoms with Gasteiger partial charge in [-0.1, -0.05) is 12.1 Å². The van der Waals surface area contributed by atoms with Crippen molar-refractivity contribution in [1.29, 1.82) is 0 Å². The highest BCUT2D eigenvalue weighted by Gasteiger charge is 2.21. The van der Waals surface area contributed by atoms with E-state index in [2.05, 4.69) is 4.74 Å². The van der Waals surface area contributed by atoms with Crippen molar-refractivity contribution in [2.45, 2.75) is 19.5 Å². The Morgan fingerprint density at radius 2 is 2.11 bits per heavy atom. The van der Waals surface area contributed by atoms with Crippen LogP contribution in [0.4, 0.5) is 8.78 Å². The van der Waals surface area contributed by atoms with Crippen molar-refractivity contribution in [3.05, 3.63) is 41.7 Å². The van der Waals surface area contributed by atoms with Crippen molar-refractivity contribution in [3.63, 3.8) is 0 Å². The minimum atomic E-state index is -2.96. The number of alkyl halides is 2. The van der Waals surface area contributed by atoms with Crippen molar-refractivity contribution >= 4 is 5.78 Å². The van der Waals surface area contributed by atoms with Gasteiger partial charge in [-0.2, -0.15) is 8.78 Å². The second-order valence-electron chi connectivity index (χ2n) is 3.76. The highest BCUT2D eigenvalue weighted by atomic mass is 19.3. The number of allylic oxidation sites excluding steroid dienone is 2. The van der Waals surface area contributed by atoms with E-state index in [0.29, 0.717) is 6.61 Å². The number of hydrogen-bond donors (Lipinski definition) is 0. The van der Waals surface area contributed by atoms with Crippen molar-refractivity contribution in [2.24, 2.45) is 0 Å². The van der Waals surface area contributed by atoms with Gasteiger partial charge in [0.25, 0.3) is 0 Å². The quantitative estimate of drug-likeness (QED) is 0.774. The number of carbonyl (C=O) groups excluding carboxylic acids is 1. The third kappa shape index (κ3) is 2.85. The van der Waals surface area contributed by atoms with Crippen molar-refractivity contribution < 1.29 is 23.0 Å². The summed E-state index contributed by atoms with van der Waals surface area (Å²) in [7, 11) is 0. The first kappa shape index (κ1) is 12.5. The Hall–Kier alpha value is -1.91. The van der Waals surface area contributed by atoms with Gasteiger partial charge in [0.15, 0.2) is 5.76 Å².